The van der Waals surface area contributed by atoms with Gasteiger partial charge in [-0.15, -0.1) is 0 Å². The molecule has 0 aliphatic heterocycles. The van der Waals surface area contributed by atoms with Crippen LogP contribution in [0.4, 0.5) is 0 Å². The summed E-state index contributed by atoms with van der Waals surface area (Å²) in [6.45, 7) is 0.483. The zero-order chi connectivity index (χ0) is 16.3. The molecule has 1 atom stereocenters. The Morgan fingerprint density at radius 3 is 2.39 bits per heavy atom. The van der Waals surface area contributed by atoms with Gasteiger partial charge in [-0.05, 0) is 24.0 Å². The highest BCUT2D eigenvalue weighted by Crippen LogP contribution is 2.14. The van der Waals surface area contributed by atoms with Gasteiger partial charge in [0.15, 0.2) is 0 Å². The first-order valence-electron chi connectivity index (χ1n) is 7.97. The largest absolute Gasteiger partial charge is 0.388 e. The lowest BCUT2D eigenvalue weighted by atomic mass is 10.1. The third-order valence-electron chi connectivity index (χ3n) is 3.57. The van der Waals surface area contributed by atoms with Gasteiger partial charge in [0.05, 0.1) is 6.10 Å². The Morgan fingerprint density at radius 2 is 1.70 bits per heavy atom. The van der Waals surface area contributed by atoms with Crippen molar-refractivity contribution in [1.82, 2.24) is 5.32 Å². The minimum absolute atomic E-state index is 0.0166. The minimum Gasteiger partial charge on any atom is -0.388 e. The van der Waals surface area contributed by atoms with Gasteiger partial charge in [-0.3, -0.25) is 4.79 Å². The van der Waals surface area contributed by atoms with Crippen molar-refractivity contribution in [3.05, 3.63) is 77.9 Å². The third kappa shape index (κ3) is 6.49. The SMILES string of the molecule is O=C(CCC=Cc1ccccc1)NCCC(O)c1ccccc1. The van der Waals surface area contributed by atoms with Gasteiger partial charge in [0.25, 0.3) is 0 Å². The molecule has 2 N–H and O–H groups in total. The number of benzene rings is 2. The average Bonchev–Trinajstić information content (AvgIpc) is 2.60. The lowest BCUT2D eigenvalue weighted by Crippen LogP contribution is -2.25. The number of aliphatic hydroxyl groups excluding tert-OH is 1. The Balaban J connectivity index is 1.61. The van der Waals surface area contributed by atoms with Gasteiger partial charge in [0.2, 0.25) is 5.91 Å². The molecule has 120 valence electrons. The molecule has 0 saturated heterocycles. The number of nitrogens with one attached hydrogen (secondary N) is 1. The second kappa shape index (κ2) is 9.59. The maximum atomic E-state index is 11.7. The van der Waals surface area contributed by atoms with Crippen LogP contribution in [0.25, 0.3) is 6.08 Å². The van der Waals surface area contributed by atoms with Gasteiger partial charge in [-0.1, -0.05) is 72.8 Å². The predicted molar refractivity (Wildman–Crippen MR) is 93.7 cm³/mol. The van der Waals surface area contributed by atoms with Gasteiger partial charge in [0.1, 0.15) is 0 Å². The molecular formula is C20H23NO2. The van der Waals surface area contributed by atoms with Crippen molar-refractivity contribution in [3.8, 4) is 0 Å². The molecule has 3 heteroatoms. The first-order chi connectivity index (χ1) is 11.3. The first kappa shape index (κ1) is 17.0. The van der Waals surface area contributed by atoms with E-state index in [4.69, 9.17) is 0 Å². The number of hydrogen-bond donors (Lipinski definition) is 2. The Bertz CT molecular complexity index is 608. The lowest BCUT2D eigenvalue weighted by Gasteiger charge is -2.11. The molecule has 2 aromatic carbocycles. The normalized spacial score (nSPS) is 12.2. The van der Waals surface area contributed by atoms with Crippen LogP contribution in [0.3, 0.4) is 0 Å². The van der Waals surface area contributed by atoms with E-state index in [2.05, 4.69) is 5.32 Å². The fraction of sp³-hybridized carbons (Fsp3) is 0.250. The zero-order valence-corrected chi connectivity index (χ0v) is 13.2. The van der Waals surface area contributed by atoms with E-state index >= 15 is 0 Å². The summed E-state index contributed by atoms with van der Waals surface area (Å²) < 4.78 is 0. The molecule has 0 heterocycles. The number of aliphatic hydroxyl groups is 1. The first-order valence-corrected chi connectivity index (χ1v) is 7.97. The van der Waals surface area contributed by atoms with Crippen LogP contribution >= 0.6 is 0 Å². The lowest BCUT2D eigenvalue weighted by molar-refractivity contribution is -0.121. The summed E-state index contributed by atoms with van der Waals surface area (Å²) in [5, 5.41) is 12.9. The van der Waals surface area contributed by atoms with E-state index in [1.165, 1.54) is 0 Å². The molecule has 0 radical (unpaired) electrons. The predicted octanol–water partition coefficient (Wildman–Crippen LogP) is 3.72. The van der Waals surface area contributed by atoms with Crippen molar-refractivity contribution in [3.63, 3.8) is 0 Å². The summed E-state index contributed by atoms with van der Waals surface area (Å²) in [5.41, 5.74) is 2.02. The number of carbonyl (C=O) groups excluding carboxylic acids is 1. The van der Waals surface area contributed by atoms with Crippen LogP contribution in [0.1, 0.15) is 36.5 Å². The molecule has 3 nitrogen and oxygen atoms in total. The number of hydrogen-bond acceptors (Lipinski definition) is 2. The van der Waals surface area contributed by atoms with Gasteiger partial charge >= 0.3 is 0 Å². The van der Waals surface area contributed by atoms with Crippen LogP contribution in [0.15, 0.2) is 66.7 Å². The van der Waals surface area contributed by atoms with E-state index in [9.17, 15) is 9.90 Å². The summed E-state index contributed by atoms with van der Waals surface area (Å²) in [6, 6.07) is 19.5. The van der Waals surface area contributed by atoms with E-state index in [-0.39, 0.29) is 5.91 Å². The van der Waals surface area contributed by atoms with E-state index < -0.39 is 6.10 Å². The molecule has 0 saturated carbocycles. The third-order valence-corrected chi connectivity index (χ3v) is 3.57. The number of carbonyl (C=O) groups is 1. The second-order valence-electron chi connectivity index (χ2n) is 5.42. The number of rotatable bonds is 8. The molecule has 0 aliphatic rings. The van der Waals surface area contributed by atoms with Crippen LogP contribution in [0, 0.1) is 0 Å². The van der Waals surface area contributed by atoms with Crippen molar-refractivity contribution in [2.75, 3.05) is 6.54 Å². The molecule has 0 aliphatic carbocycles. The quantitative estimate of drug-likeness (QED) is 0.781. The van der Waals surface area contributed by atoms with E-state index in [1.54, 1.807) is 0 Å². The monoisotopic (exact) mass is 309 g/mol. The highest BCUT2D eigenvalue weighted by atomic mass is 16.3. The van der Waals surface area contributed by atoms with Crippen LogP contribution < -0.4 is 5.32 Å². The summed E-state index contributed by atoms with van der Waals surface area (Å²) in [7, 11) is 0. The highest BCUT2D eigenvalue weighted by Gasteiger charge is 2.07. The molecule has 0 fully saturated rings. The Hall–Kier alpha value is -2.39. The number of amides is 1. The van der Waals surface area contributed by atoms with Crippen molar-refractivity contribution in [2.24, 2.45) is 0 Å². The average molecular weight is 309 g/mol. The molecule has 0 aromatic heterocycles. The van der Waals surface area contributed by atoms with Gasteiger partial charge < -0.3 is 10.4 Å². The standard InChI is InChI=1S/C20H23NO2/c22-19(18-12-5-2-6-13-18)15-16-21-20(23)14-8-7-11-17-9-3-1-4-10-17/h1-7,9-13,19,22H,8,14-16H2,(H,21,23). The van der Waals surface area contributed by atoms with E-state index in [1.807, 2.05) is 72.8 Å². The molecule has 2 aromatic rings. The summed E-state index contributed by atoms with van der Waals surface area (Å²) in [6.07, 6.45) is 5.19. The van der Waals surface area contributed by atoms with Crippen LogP contribution in [0.2, 0.25) is 0 Å². The Kier molecular flexibility index (Phi) is 7.08. The molecule has 2 rings (SSSR count). The second-order valence-corrected chi connectivity index (χ2v) is 5.42. The van der Waals surface area contributed by atoms with Gasteiger partial charge in [-0.25, -0.2) is 0 Å². The maximum absolute atomic E-state index is 11.7. The van der Waals surface area contributed by atoms with Gasteiger partial charge in [0, 0.05) is 13.0 Å². The molecule has 23 heavy (non-hydrogen) atoms. The smallest absolute Gasteiger partial charge is 0.220 e. The van der Waals surface area contributed by atoms with Crippen LogP contribution in [0.5, 0.6) is 0 Å². The van der Waals surface area contributed by atoms with Crippen molar-refractivity contribution >= 4 is 12.0 Å². The summed E-state index contributed by atoms with van der Waals surface area (Å²) in [5.74, 6) is 0.0166. The van der Waals surface area contributed by atoms with Crippen molar-refractivity contribution in [1.29, 1.82) is 0 Å². The molecule has 1 unspecified atom stereocenters. The van der Waals surface area contributed by atoms with Crippen molar-refractivity contribution in [2.45, 2.75) is 25.4 Å². The number of allylic oxidation sites excluding steroid dienone is 1. The Labute approximate surface area is 137 Å². The molecule has 1 amide bonds. The van der Waals surface area contributed by atoms with E-state index in [0.717, 1.165) is 11.1 Å². The summed E-state index contributed by atoms with van der Waals surface area (Å²) in [4.78, 5) is 11.7. The molecule has 0 bridgehead atoms. The van der Waals surface area contributed by atoms with Crippen LogP contribution in [-0.4, -0.2) is 17.6 Å². The fourth-order valence-electron chi connectivity index (χ4n) is 2.28. The zero-order valence-electron chi connectivity index (χ0n) is 13.2. The summed E-state index contributed by atoms with van der Waals surface area (Å²) >= 11 is 0. The van der Waals surface area contributed by atoms with Crippen molar-refractivity contribution < 1.29 is 9.90 Å². The minimum atomic E-state index is -0.533. The molecular weight excluding hydrogens is 286 g/mol. The van der Waals surface area contributed by atoms with Gasteiger partial charge in [-0.2, -0.15) is 0 Å². The maximum Gasteiger partial charge on any atom is 0.220 e. The highest BCUT2D eigenvalue weighted by molar-refractivity contribution is 5.76. The topological polar surface area (TPSA) is 49.3 Å². The van der Waals surface area contributed by atoms with E-state index in [0.29, 0.717) is 25.8 Å². The Morgan fingerprint density at radius 1 is 1.04 bits per heavy atom. The fourth-order valence-corrected chi connectivity index (χ4v) is 2.28. The molecule has 0 spiro atoms. The van der Waals surface area contributed by atoms with Crippen LogP contribution in [-0.2, 0) is 4.79 Å².